The number of hydrogen-bond donors (Lipinski definition) is 3. The zero-order chi connectivity index (χ0) is 28.9. The van der Waals surface area contributed by atoms with E-state index in [1.807, 2.05) is 4.57 Å². The molecule has 3 N–H and O–H groups in total. The zero-order valence-electron chi connectivity index (χ0n) is 21.8. The SMILES string of the molecule is CCN(CC)CCNC(=O)c1cn(-c2ccc(NC(=O)Nc3ccc(Cl)c(C(F)(F)F)c3)cc2)c2cnccc12. The summed E-state index contributed by atoms with van der Waals surface area (Å²) in [4.78, 5) is 31.8. The molecule has 0 fully saturated rings. The lowest BCUT2D eigenvalue weighted by molar-refractivity contribution is -0.137. The quantitative estimate of drug-likeness (QED) is 0.216. The van der Waals surface area contributed by atoms with Gasteiger partial charge in [-0.15, -0.1) is 0 Å². The smallest absolute Gasteiger partial charge is 0.351 e. The van der Waals surface area contributed by atoms with Gasteiger partial charge in [-0.05, 0) is 61.6 Å². The Morgan fingerprint density at radius 1 is 1.00 bits per heavy atom. The molecule has 4 aromatic rings. The van der Waals surface area contributed by atoms with Crippen molar-refractivity contribution in [3.63, 3.8) is 0 Å². The van der Waals surface area contributed by atoms with Crippen molar-refractivity contribution >= 4 is 45.8 Å². The number of hydrogen-bond acceptors (Lipinski definition) is 4. The molecule has 2 aromatic carbocycles. The molecule has 0 radical (unpaired) electrons. The van der Waals surface area contributed by atoms with Crippen molar-refractivity contribution in [2.45, 2.75) is 20.0 Å². The summed E-state index contributed by atoms with van der Waals surface area (Å²) in [6.07, 6.45) is 0.393. The number of nitrogens with one attached hydrogen (secondary N) is 3. The summed E-state index contributed by atoms with van der Waals surface area (Å²) in [5.41, 5.74) is 1.29. The van der Waals surface area contributed by atoms with Crippen LogP contribution in [0.3, 0.4) is 0 Å². The highest BCUT2D eigenvalue weighted by atomic mass is 35.5. The Balaban J connectivity index is 1.47. The number of urea groups is 1. The van der Waals surface area contributed by atoms with Crippen molar-refractivity contribution in [2.24, 2.45) is 0 Å². The summed E-state index contributed by atoms with van der Waals surface area (Å²) < 4.78 is 41.1. The number of nitrogens with zero attached hydrogens (tertiary/aromatic N) is 3. The van der Waals surface area contributed by atoms with Crippen molar-refractivity contribution in [1.82, 2.24) is 19.8 Å². The maximum Gasteiger partial charge on any atom is 0.417 e. The number of halogens is 4. The predicted octanol–water partition coefficient (Wildman–Crippen LogP) is 6.41. The van der Waals surface area contributed by atoms with Crippen molar-refractivity contribution in [1.29, 1.82) is 0 Å². The molecule has 0 spiro atoms. The van der Waals surface area contributed by atoms with Gasteiger partial charge in [-0.25, -0.2) is 4.79 Å². The first-order valence-electron chi connectivity index (χ1n) is 12.6. The Bertz CT molecular complexity index is 1500. The van der Waals surface area contributed by atoms with E-state index in [0.717, 1.165) is 48.4 Å². The lowest BCUT2D eigenvalue weighted by Crippen LogP contribution is -2.34. The molecular weight excluding hydrogens is 545 g/mol. The number of aromatic nitrogens is 2. The van der Waals surface area contributed by atoms with Gasteiger partial charge in [0, 0.05) is 47.9 Å². The van der Waals surface area contributed by atoms with Crippen LogP contribution in [0.5, 0.6) is 0 Å². The molecule has 8 nitrogen and oxygen atoms in total. The molecule has 0 aliphatic carbocycles. The Morgan fingerprint density at radius 3 is 2.35 bits per heavy atom. The second-order valence-corrected chi connectivity index (χ2v) is 9.31. The van der Waals surface area contributed by atoms with Crippen LogP contribution in [-0.4, -0.2) is 52.6 Å². The van der Waals surface area contributed by atoms with Gasteiger partial charge >= 0.3 is 12.2 Å². The number of carbonyl (C=O) groups excluding carboxylic acids is 2. The van der Waals surface area contributed by atoms with Crippen LogP contribution >= 0.6 is 11.6 Å². The molecule has 3 amide bonds. The molecular formula is C28H28ClF3N6O2. The number of benzene rings is 2. The fraction of sp³-hybridized carbons (Fsp3) is 0.250. The minimum atomic E-state index is -4.65. The summed E-state index contributed by atoms with van der Waals surface area (Å²) in [6, 6.07) is 11.0. The minimum absolute atomic E-state index is 0.0555. The zero-order valence-corrected chi connectivity index (χ0v) is 22.6. The van der Waals surface area contributed by atoms with Gasteiger partial charge in [0.25, 0.3) is 5.91 Å². The van der Waals surface area contributed by atoms with E-state index >= 15 is 0 Å². The van der Waals surface area contributed by atoms with E-state index in [9.17, 15) is 22.8 Å². The summed E-state index contributed by atoms with van der Waals surface area (Å²) in [5, 5.41) is 8.24. The van der Waals surface area contributed by atoms with Crippen LogP contribution in [0, 0.1) is 0 Å². The van der Waals surface area contributed by atoms with Gasteiger partial charge in [0.05, 0.1) is 27.9 Å². The van der Waals surface area contributed by atoms with Crippen molar-refractivity contribution in [3.8, 4) is 5.69 Å². The van der Waals surface area contributed by atoms with Gasteiger partial charge < -0.3 is 25.4 Å². The third kappa shape index (κ3) is 6.72. The molecule has 0 bridgehead atoms. The van der Waals surface area contributed by atoms with Crippen LogP contribution in [0.15, 0.2) is 67.1 Å². The monoisotopic (exact) mass is 572 g/mol. The van der Waals surface area contributed by atoms with Gasteiger partial charge in [-0.1, -0.05) is 25.4 Å². The molecule has 0 atom stereocenters. The highest BCUT2D eigenvalue weighted by Crippen LogP contribution is 2.36. The number of likely N-dealkylation sites (N-methyl/N-ethyl adjacent to an activating group) is 1. The van der Waals surface area contributed by atoms with Crippen molar-refractivity contribution in [3.05, 3.63) is 83.3 Å². The molecule has 40 heavy (non-hydrogen) atoms. The van der Waals surface area contributed by atoms with E-state index in [4.69, 9.17) is 11.6 Å². The van der Waals surface area contributed by atoms with E-state index in [2.05, 4.69) is 39.7 Å². The van der Waals surface area contributed by atoms with Crippen LogP contribution in [0.4, 0.5) is 29.3 Å². The standard InChI is InChI=1S/C28H28ClF3N6O2/c1-3-37(4-2)14-13-34-26(39)22-17-38(25-16-33-12-11-21(22)25)20-8-5-18(6-9-20)35-27(40)36-19-7-10-24(29)23(15-19)28(30,31)32/h5-12,15-17H,3-4,13-14H2,1-2H3,(H,34,39)(H2,35,36,40). The molecule has 2 heterocycles. The Hall–Kier alpha value is -4.09. The first-order chi connectivity index (χ1) is 19.1. The molecule has 4 rings (SSSR count). The normalized spacial score (nSPS) is 11.6. The fourth-order valence-corrected chi connectivity index (χ4v) is 4.47. The van der Waals surface area contributed by atoms with E-state index in [0.29, 0.717) is 17.8 Å². The molecule has 210 valence electrons. The first kappa shape index (κ1) is 28.9. The number of alkyl halides is 3. The largest absolute Gasteiger partial charge is 0.417 e. The topological polar surface area (TPSA) is 91.3 Å². The summed E-state index contributed by atoms with van der Waals surface area (Å²) in [7, 11) is 0. The molecule has 0 aliphatic heterocycles. The van der Waals surface area contributed by atoms with Crippen LogP contribution < -0.4 is 16.0 Å². The molecule has 0 saturated carbocycles. The average molecular weight is 573 g/mol. The second kappa shape index (κ2) is 12.4. The van der Waals surface area contributed by atoms with Crippen LogP contribution in [-0.2, 0) is 6.18 Å². The van der Waals surface area contributed by atoms with Gasteiger partial charge in [0.15, 0.2) is 0 Å². The average Bonchev–Trinajstić information content (AvgIpc) is 3.32. The van der Waals surface area contributed by atoms with Crippen molar-refractivity contribution in [2.75, 3.05) is 36.8 Å². The molecule has 0 unspecified atom stereocenters. The number of carbonyl (C=O) groups is 2. The number of amides is 3. The van der Waals surface area contributed by atoms with Crippen LogP contribution in [0.1, 0.15) is 29.8 Å². The summed E-state index contributed by atoms with van der Waals surface area (Å²) >= 11 is 5.63. The van der Waals surface area contributed by atoms with Gasteiger partial charge in [0.1, 0.15) is 0 Å². The Kier molecular flexibility index (Phi) is 8.96. The number of rotatable bonds is 9. The van der Waals surface area contributed by atoms with E-state index in [-0.39, 0.29) is 11.6 Å². The maximum absolute atomic E-state index is 13.1. The van der Waals surface area contributed by atoms with Gasteiger partial charge in [0.2, 0.25) is 0 Å². The van der Waals surface area contributed by atoms with Gasteiger partial charge in [-0.2, -0.15) is 13.2 Å². The summed E-state index contributed by atoms with van der Waals surface area (Å²) in [5.74, 6) is -0.187. The molecule has 12 heteroatoms. The van der Waals surface area contributed by atoms with Crippen molar-refractivity contribution < 1.29 is 22.8 Å². The number of anilines is 2. The predicted molar refractivity (Wildman–Crippen MR) is 150 cm³/mol. The second-order valence-electron chi connectivity index (χ2n) is 8.91. The third-order valence-corrected chi connectivity index (χ3v) is 6.72. The maximum atomic E-state index is 13.1. The number of pyridine rings is 1. The van der Waals surface area contributed by atoms with E-state index < -0.39 is 22.8 Å². The highest BCUT2D eigenvalue weighted by Gasteiger charge is 2.33. The highest BCUT2D eigenvalue weighted by molar-refractivity contribution is 6.31. The Morgan fingerprint density at radius 2 is 1.68 bits per heavy atom. The van der Waals surface area contributed by atoms with Crippen LogP contribution in [0.25, 0.3) is 16.6 Å². The van der Waals surface area contributed by atoms with Gasteiger partial charge in [-0.3, -0.25) is 9.78 Å². The summed E-state index contributed by atoms with van der Waals surface area (Å²) in [6.45, 7) is 7.24. The lowest BCUT2D eigenvalue weighted by atomic mass is 10.2. The van der Waals surface area contributed by atoms with E-state index in [1.165, 1.54) is 6.07 Å². The Labute approximate surface area is 234 Å². The number of fused-ring (bicyclic) bond motifs is 1. The fourth-order valence-electron chi connectivity index (χ4n) is 4.25. The molecule has 0 aliphatic rings. The minimum Gasteiger partial charge on any atom is -0.351 e. The molecule has 0 saturated heterocycles. The van der Waals surface area contributed by atoms with E-state index in [1.54, 1.807) is 48.9 Å². The molecule has 2 aromatic heterocycles. The first-order valence-corrected chi connectivity index (χ1v) is 13.0. The van der Waals surface area contributed by atoms with Crippen LogP contribution in [0.2, 0.25) is 5.02 Å². The lowest BCUT2D eigenvalue weighted by Gasteiger charge is -2.17. The third-order valence-electron chi connectivity index (χ3n) is 6.39.